The molecule has 1 aromatic rings. The zero-order chi connectivity index (χ0) is 20.0. The molecule has 2 unspecified atom stereocenters. The zero-order valence-corrected chi connectivity index (χ0v) is 18.2. The second-order valence-corrected chi connectivity index (χ2v) is 11.5. The molecule has 1 N–H and O–H groups in total. The van der Waals surface area contributed by atoms with Crippen LogP contribution < -0.4 is 0 Å². The lowest BCUT2D eigenvalue weighted by molar-refractivity contribution is -0.133. The summed E-state index contributed by atoms with van der Waals surface area (Å²) in [5, 5.41) is 10.5. The van der Waals surface area contributed by atoms with E-state index in [1.54, 1.807) is 28.6 Å². The van der Waals surface area contributed by atoms with Gasteiger partial charge in [0.2, 0.25) is 0 Å². The fourth-order valence-corrected chi connectivity index (χ4v) is 4.93. The molecule has 0 fully saturated rings. The molecule has 2 rings (SSSR count). The van der Waals surface area contributed by atoms with Crippen LogP contribution in [0.2, 0.25) is 10.0 Å². The van der Waals surface area contributed by atoms with Crippen molar-refractivity contribution in [2.45, 2.75) is 58.4 Å². The summed E-state index contributed by atoms with van der Waals surface area (Å²) >= 11 is 10.8. The molecule has 7 heteroatoms. The number of aliphatic carboxylic acids is 1. The normalized spacial score (nSPS) is 23.0. The number of carbonyl (C=O) groups is 1. The van der Waals surface area contributed by atoms with E-state index < -0.39 is 28.1 Å². The molecule has 4 nitrogen and oxygen atoms in total. The summed E-state index contributed by atoms with van der Waals surface area (Å²) in [5.41, 5.74) is 0.574. The molecule has 0 amide bonds. The van der Waals surface area contributed by atoms with Crippen molar-refractivity contribution < 1.29 is 14.5 Å². The second kappa shape index (κ2) is 7.36. The van der Waals surface area contributed by atoms with Gasteiger partial charge in [-0.15, -0.1) is 4.31 Å². The van der Waals surface area contributed by atoms with E-state index in [9.17, 15) is 14.5 Å². The number of hydrogen-bond donors (Lipinski definition) is 1. The fraction of sp³-hybridized carbons (Fsp3) is 0.526. The number of carboxylic acid groups (broad SMARTS) is 1. The first-order valence-electron chi connectivity index (χ1n) is 8.35. The highest BCUT2D eigenvalue weighted by atomic mass is 35.5. The van der Waals surface area contributed by atoms with Crippen molar-refractivity contribution >= 4 is 40.5 Å². The van der Waals surface area contributed by atoms with Crippen molar-refractivity contribution in [3.63, 3.8) is 0 Å². The largest absolute Gasteiger partial charge is 0.597 e. The van der Waals surface area contributed by atoms with Crippen molar-refractivity contribution in [1.82, 2.24) is 4.31 Å². The van der Waals surface area contributed by atoms with E-state index in [1.807, 2.05) is 41.5 Å². The minimum Gasteiger partial charge on any atom is -0.597 e. The number of carboxylic acids is 1. The lowest BCUT2D eigenvalue weighted by Crippen LogP contribution is -2.51. The fourth-order valence-electron chi connectivity index (χ4n) is 2.98. The van der Waals surface area contributed by atoms with Gasteiger partial charge in [0.1, 0.15) is 10.8 Å². The standard InChI is InChI=1S/C19H25Cl2NO3S/c1-18(2,3)15-10-12(17(23)24)16(22(15)26(25)19(4,5)6)11-7-8-13(20)14(21)9-11/h7-10,15-16H,1-6H3,(H,23,24)/t15?,16?,26-/m0/s1. The van der Waals surface area contributed by atoms with Gasteiger partial charge in [-0.3, -0.25) is 0 Å². The summed E-state index contributed by atoms with van der Waals surface area (Å²) in [6, 6.07) is 4.08. The Morgan fingerprint density at radius 2 is 1.73 bits per heavy atom. The summed E-state index contributed by atoms with van der Waals surface area (Å²) in [5.74, 6) is -1.02. The van der Waals surface area contributed by atoms with E-state index in [0.29, 0.717) is 15.6 Å². The highest BCUT2D eigenvalue weighted by Crippen LogP contribution is 2.47. The van der Waals surface area contributed by atoms with E-state index >= 15 is 0 Å². The van der Waals surface area contributed by atoms with Crippen molar-refractivity contribution in [1.29, 1.82) is 0 Å². The van der Waals surface area contributed by atoms with E-state index in [2.05, 4.69) is 0 Å². The van der Waals surface area contributed by atoms with Crippen LogP contribution in [0.1, 0.15) is 53.1 Å². The molecule has 0 saturated carbocycles. The van der Waals surface area contributed by atoms with E-state index in [-0.39, 0.29) is 17.0 Å². The summed E-state index contributed by atoms with van der Waals surface area (Å²) in [4.78, 5) is 12.0. The first kappa shape index (κ1) is 21.6. The summed E-state index contributed by atoms with van der Waals surface area (Å²) in [6.07, 6.45) is 1.72. The number of halogens is 2. The Hall–Kier alpha value is -0.720. The Morgan fingerprint density at radius 3 is 2.15 bits per heavy atom. The van der Waals surface area contributed by atoms with Crippen LogP contribution in [0.25, 0.3) is 0 Å². The molecule has 0 bridgehead atoms. The van der Waals surface area contributed by atoms with Gasteiger partial charge in [0, 0.05) is 11.4 Å². The van der Waals surface area contributed by atoms with Crippen LogP contribution in [-0.4, -0.2) is 30.7 Å². The lowest BCUT2D eigenvalue weighted by atomic mass is 9.87. The maximum absolute atomic E-state index is 13.4. The zero-order valence-electron chi connectivity index (χ0n) is 15.8. The minimum atomic E-state index is -1.43. The average Bonchev–Trinajstić information content (AvgIpc) is 2.88. The Kier molecular flexibility index (Phi) is 6.11. The average molecular weight is 418 g/mol. The van der Waals surface area contributed by atoms with Crippen LogP contribution in [0.15, 0.2) is 29.8 Å². The molecule has 26 heavy (non-hydrogen) atoms. The van der Waals surface area contributed by atoms with Gasteiger partial charge in [0.25, 0.3) is 0 Å². The topological polar surface area (TPSA) is 63.6 Å². The van der Waals surface area contributed by atoms with Gasteiger partial charge in [0.15, 0.2) is 0 Å². The van der Waals surface area contributed by atoms with Crippen LogP contribution in [0, 0.1) is 5.41 Å². The predicted molar refractivity (Wildman–Crippen MR) is 108 cm³/mol. The predicted octanol–water partition coefficient (Wildman–Crippen LogP) is 5.24. The third-order valence-electron chi connectivity index (χ3n) is 4.27. The minimum absolute atomic E-state index is 0.209. The first-order chi connectivity index (χ1) is 11.7. The Morgan fingerprint density at radius 1 is 1.15 bits per heavy atom. The molecule has 3 atom stereocenters. The molecule has 0 spiro atoms. The monoisotopic (exact) mass is 417 g/mol. The third-order valence-corrected chi connectivity index (χ3v) is 6.88. The van der Waals surface area contributed by atoms with Gasteiger partial charge in [-0.25, -0.2) is 4.79 Å². The Balaban J connectivity index is 2.67. The lowest BCUT2D eigenvalue weighted by Gasteiger charge is -2.41. The van der Waals surface area contributed by atoms with E-state index in [4.69, 9.17) is 23.2 Å². The van der Waals surface area contributed by atoms with Crippen LogP contribution in [0.3, 0.4) is 0 Å². The highest BCUT2D eigenvalue weighted by molar-refractivity contribution is 7.90. The number of hydrogen-bond acceptors (Lipinski definition) is 3. The van der Waals surface area contributed by atoms with Crippen molar-refractivity contribution in [2.75, 3.05) is 0 Å². The van der Waals surface area contributed by atoms with E-state index in [0.717, 1.165) is 0 Å². The van der Waals surface area contributed by atoms with Crippen LogP contribution >= 0.6 is 23.2 Å². The van der Waals surface area contributed by atoms with Crippen LogP contribution in [0.4, 0.5) is 0 Å². The SMILES string of the molecule is CC(C)(C)C1C=C(C(=O)O)C(c2ccc(Cl)c(Cl)c2)N1[S@@+]([O-])C(C)(C)C. The number of benzene rings is 1. The second-order valence-electron chi connectivity index (χ2n) is 8.54. The maximum Gasteiger partial charge on any atom is 0.333 e. The maximum atomic E-state index is 13.4. The van der Waals surface area contributed by atoms with Gasteiger partial charge in [-0.2, -0.15) is 0 Å². The molecule has 0 saturated heterocycles. The third kappa shape index (κ3) is 4.23. The van der Waals surface area contributed by atoms with Crippen molar-refractivity contribution in [2.24, 2.45) is 5.41 Å². The van der Waals surface area contributed by atoms with Gasteiger partial charge in [0.05, 0.1) is 21.7 Å². The quantitative estimate of drug-likeness (QED) is 0.682. The molecule has 0 aromatic heterocycles. The first-order valence-corrected chi connectivity index (χ1v) is 10.2. The highest BCUT2D eigenvalue weighted by Gasteiger charge is 2.52. The molecular weight excluding hydrogens is 393 g/mol. The molecule has 1 aromatic carbocycles. The molecule has 0 radical (unpaired) electrons. The molecule has 1 aliphatic rings. The smallest absolute Gasteiger partial charge is 0.333 e. The summed E-state index contributed by atoms with van der Waals surface area (Å²) in [7, 11) is 0. The van der Waals surface area contributed by atoms with Gasteiger partial charge in [-0.05, 0) is 50.0 Å². The van der Waals surface area contributed by atoms with Crippen molar-refractivity contribution in [3.8, 4) is 0 Å². The van der Waals surface area contributed by atoms with Gasteiger partial charge < -0.3 is 9.66 Å². The molecule has 0 aliphatic carbocycles. The van der Waals surface area contributed by atoms with Gasteiger partial charge in [-0.1, -0.05) is 50.0 Å². The molecule has 1 aliphatic heterocycles. The van der Waals surface area contributed by atoms with Crippen molar-refractivity contribution in [3.05, 3.63) is 45.5 Å². The molecule has 1 heterocycles. The van der Waals surface area contributed by atoms with E-state index in [1.165, 1.54) is 0 Å². The van der Waals surface area contributed by atoms with Crippen LogP contribution in [0.5, 0.6) is 0 Å². The Bertz CT molecular complexity index is 737. The molecular formula is C19H25Cl2NO3S. The summed E-state index contributed by atoms with van der Waals surface area (Å²) < 4.78 is 14.6. The van der Waals surface area contributed by atoms with Crippen LogP contribution in [-0.2, 0) is 16.2 Å². The number of nitrogens with zero attached hydrogens (tertiary/aromatic N) is 1. The molecule has 144 valence electrons. The van der Waals surface area contributed by atoms with Gasteiger partial charge >= 0.3 is 5.97 Å². The Labute approximate surface area is 168 Å². The summed E-state index contributed by atoms with van der Waals surface area (Å²) in [6.45, 7) is 11.7. The number of rotatable bonds is 3.